The van der Waals surface area contributed by atoms with E-state index in [4.69, 9.17) is 11.6 Å². The summed E-state index contributed by atoms with van der Waals surface area (Å²) in [6, 6.07) is 10.6. The summed E-state index contributed by atoms with van der Waals surface area (Å²) in [5.41, 5.74) is 3.21. The van der Waals surface area contributed by atoms with Crippen LogP contribution in [-0.2, 0) is 16.0 Å². The maximum Gasteiger partial charge on any atom is 0.313 e. The van der Waals surface area contributed by atoms with E-state index in [0.717, 1.165) is 16.5 Å². The van der Waals surface area contributed by atoms with Crippen LogP contribution < -0.4 is 10.6 Å². The molecule has 0 aliphatic heterocycles. The molecule has 0 saturated carbocycles. The van der Waals surface area contributed by atoms with Crippen LogP contribution in [0.4, 0.5) is 5.69 Å². The molecule has 2 amide bonds. The molecule has 3 N–H and O–H groups in total. The van der Waals surface area contributed by atoms with Gasteiger partial charge in [-0.2, -0.15) is 0 Å². The van der Waals surface area contributed by atoms with Crippen LogP contribution in [0.5, 0.6) is 0 Å². The molecule has 0 unspecified atom stereocenters. The number of H-pyrrole nitrogens is 1. The highest BCUT2D eigenvalue weighted by molar-refractivity contribution is 6.40. The first kappa shape index (κ1) is 17.0. The van der Waals surface area contributed by atoms with Crippen molar-refractivity contribution < 1.29 is 14.2 Å². The highest BCUT2D eigenvalue weighted by atomic mass is 35.5. The summed E-state index contributed by atoms with van der Waals surface area (Å²) >= 11 is 6.03. The lowest BCUT2D eigenvalue weighted by molar-refractivity contribution is -0.136. The van der Waals surface area contributed by atoms with Gasteiger partial charge in [0, 0.05) is 28.7 Å². The lowest BCUT2D eigenvalue weighted by Crippen LogP contribution is -2.36. The molecule has 0 spiro atoms. The molecule has 2 aromatic heterocycles. The van der Waals surface area contributed by atoms with Crippen LogP contribution in [0.2, 0.25) is 5.02 Å². The van der Waals surface area contributed by atoms with E-state index in [1.54, 1.807) is 24.3 Å². The predicted molar refractivity (Wildman–Crippen MR) is 100 cm³/mol. The minimum absolute atomic E-state index is 0.307. The molecular weight excluding hydrogens is 370 g/mol. The van der Waals surface area contributed by atoms with Crippen molar-refractivity contribution in [2.24, 2.45) is 0 Å². The molecule has 0 saturated heterocycles. The average Bonchev–Trinajstić information content (AvgIpc) is 3.29. The van der Waals surface area contributed by atoms with Crippen LogP contribution in [0.1, 0.15) is 5.56 Å². The number of benzene rings is 2. The van der Waals surface area contributed by atoms with Crippen LogP contribution in [0.25, 0.3) is 21.9 Å². The number of carbonyl (C=O) groups is 2. The fourth-order valence-electron chi connectivity index (χ4n) is 2.83. The van der Waals surface area contributed by atoms with Crippen molar-refractivity contribution in [3.63, 3.8) is 0 Å². The van der Waals surface area contributed by atoms with E-state index in [2.05, 4.69) is 30.6 Å². The largest absolute Gasteiger partial charge is 0.361 e. The van der Waals surface area contributed by atoms with Crippen LogP contribution in [0.15, 0.2) is 47.2 Å². The first-order valence-corrected chi connectivity index (χ1v) is 8.55. The van der Waals surface area contributed by atoms with Gasteiger partial charge in [0.25, 0.3) is 0 Å². The third-order valence-corrected chi connectivity index (χ3v) is 4.38. The first-order chi connectivity index (χ1) is 13.1. The van der Waals surface area contributed by atoms with E-state index in [0.29, 0.717) is 34.7 Å². The van der Waals surface area contributed by atoms with E-state index >= 15 is 0 Å². The Balaban J connectivity index is 1.37. The number of aromatic nitrogens is 3. The Morgan fingerprint density at radius 1 is 1.15 bits per heavy atom. The van der Waals surface area contributed by atoms with Gasteiger partial charge in [-0.1, -0.05) is 17.7 Å². The van der Waals surface area contributed by atoms with Gasteiger partial charge in [0.2, 0.25) is 0 Å². The molecule has 0 bridgehead atoms. The second kappa shape index (κ2) is 7.08. The summed E-state index contributed by atoms with van der Waals surface area (Å²) in [6.45, 7) is 0.307. The molecule has 4 aromatic rings. The smallest absolute Gasteiger partial charge is 0.313 e. The van der Waals surface area contributed by atoms with Gasteiger partial charge in [0.05, 0.1) is 5.69 Å². The van der Waals surface area contributed by atoms with Gasteiger partial charge in [-0.3, -0.25) is 9.59 Å². The number of anilines is 1. The number of halogens is 1. The molecule has 0 fully saturated rings. The minimum atomic E-state index is -0.785. The molecule has 27 heavy (non-hydrogen) atoms. The van der Waals surface area contributed by atoms with Gasteiger partial charge in [-0.25, -0.2) is 4.63 Å². The number of nitrogens with one attached hydrogen (secondary N) is 3. The van der Waals surface area contributed by atoms with Crippen molar-refractivity contribution in [3.05, 3.63) is 53.2 Å². The Labute approximate surface area is 157 Å². The lowest BCUT2D eigenvalue weighted by atomic mass is 10.1. The number of amides is 2. The molecule has 0 aliphatic rings. The second-order valence-electron chi connectivity index (χ2n) is 5.90. The highest BCUT2D eigenvalue weighted by Gasteiger charge is 2.16. The van der Waals surface area contributed by atoms with E-state index in [1.807, 2.05) is 18.3 Å². The number of carbonyl (C=O) groups excluding carboxylic acids is 2. The Morgan fingerprint density at radius 2 is 2.04 bits per heavy atom. The lowest BCUT2D eigenvalue weighted by Gasteiger charge is -2.06. The van der Waals surface area contributed by atoms with Crippen molar-refractivity contribution in [2.75, 3.05) is 11.9 Å². The number of rotatable bonds is 4. The Kier molecular flexibility index (Phi) is 4.47. The predicted octanol–water partition coefficient (Wildman–Crippen LogP) is 2.65. The Hall–Kier alpha value is -3.39. The van der Waals surface area contributed by atoms with Crippen molar-refractivity contribution in [1.29, 1.82) is 0 Å². The van der Waals surface area contributed by atoms with Crippen molar-refractivity contribution >= 4 is 51.0 Å². The molecule has 0 atom stereocenters. The van der Waals surface area contributed by atoms with E-state index in [-0.39, 0.29) is 0 Å². The zero-order chi connectivity index (χ0) is 18.8. The molecule has 2 heterocycles. The van der Waals surface area contributed by atoms with Crippen molar-refractivity contribution in [3.8, 4) is 0 Å². The third kappa shape index (κ3) is 3.47. The van der Waals surface area contributed by atoms with Crippen LogP contribution in [-0.4, -0.2) is 33.7 Å². The van der Waals surface area contributed by atoms with Crippen LogP contribution in [0, 0.1) is 0 Å². The van der Waals surface area contributed by atoms with Crippen molar-refractivity contribution in [2.45, 2.75) is 6.42 Å². The Bertz CT molecular complexity index is 1150. The summed E-state index contributed by atoms with van der Waals surface area (Å²) in [5.74, 6) is -1.52. The number of fused-ring (bicyclic) bond motifs is 2. The summed E-state index contributed by atoms with van der Waals surface area (Å²) in [7, 11) is 0. The van der Waals surface area contributed by atoms with E-state index in [1.165, 1.54) is 0 Å². The topological polar surface area (TPSA) is 113 Å². The number of nitrogens with zero attached hydrogens (tertiary/aromatic N) is 2. The molecule has 136 valence electrons. The first-order valence-electron chi connectivity index (χ1n) is 8.18. The summed E-state index contributed by atoms with van der Waals surface area (Å²) in [5, 5.41) is 14.2. The molecule has 4 rings (SSSR count). The summed E-state index contributed by atoms with van der Waals surface area (Å²) in [6.07, 6.45) is 2.42. The zero-order valence-corrected chi connectivity index (χ0v) is 14.7. The second-order valence-corrected chi connectivity index (χ2v) is 6.34. The molecular formula is C18H14ClN5O3. The number of hydrogen-bond donors (Lipinski definition) is 3. The van der Waals surface area contributed by atoms with Gasteiger partial charge in [-0.05, 0) is 52.6 Å². The van der Waals surface area contributed by atoms with Gasteiger partial charge in [0.15, 0.2) is 5.52 Å². The van der Waals surface area contributed by atoms with E-state index in [9.17, 15) is 9.59 Å². The fourth-order valence-corrected chi connectivity index (χ4v) is 3.01. The molecule has 9 heteroatoms. The maximum absolute atomic E-state index is 12.1. The van der Waals surface area contributed by atoms with Gasteiger partial charge < -0.3 is 15.6 Å². The van der Waals surface area contributed by atoms with Crippen LogP contribution >= 0.6 is 11.6 Å². The SMILES string of the molecule is O=C(NCCc1c[nH]c2ccc(Cl)cc12)C(=O)Nc1cccc2nonc12. The fraction of sp³-hybridized carbons (Fsp3) is 0.111. The molecule has 0 radical (unpaired) electrons. The summed E-state index contributed by atoms with van der Waals surface area (Å²) in [4.78, 5) is 27.3. The molecule has 2 aromatic carbocycles. The highest BCUT2D eigenvalue weighted by Crippen LogP contribution is 2.22. The quantitative estimate of drug-likeness (QED) is 0.469. The minimum Gasteiger partial charge on any atom is -0.361 e. The monoisotopic (exact) mass is 383 g/mol. The van der Waals surface area contributed by atoms with E-state index < -0.39 is 11.8 Å². The standard InChI is InChI=1S/C18H14ClN5O3/c19-11-4-5-13-12(8-11)10(9-21-13)6-7-20-17(25)18(26)22-14-2-1-3-15-16(14)24-27-23-15/h1-5,8-9,21H,6-7H2,(H,20,25)(H,22,26). The molecule has 8 nitrogen and oxygen atoms in total. The zero-order valence-electron chi connectivity index (χ0n) is 14.0. The van der Waals surface area contributed by atoms with Crippen molar-refractivity contribution in [1.82, 2.24) is 20.6 Å². The molecule has 0 aliphatic carbocycles. The number of hydrogen-bond acceptors (Lipinski definition) is 5. The van der Waals surface area contributed by atoms with Gasteiger partial charge in [0.1, 0.15) is 5.52 Å². The van der Waals surface area contributed by atoms with Gasteiger partial charge >= 0.3 is 11.8 Å². The van der Waals surface area contributed by atoms with Crippen LogP contribution in [0.3, 0.4) is 0 Å². The average molecular weight is 384 g/mol. The number of aromatic amines is 1. The van der Waals surface area contributed by atoms with Gasteiger partial charge in [-0.15, -0.1) is 0 Å². The normalized spacial score (nSPS) is 11.0. The third-order valence-electron chi connectivity index (χ3n) is 4.15. The summed E-state index contributed by atoms with van der Waals surface area (Å²) < 4.78 is 4.63. The Morgan fingerprint density at radius 3 is 2.93 bits per heavy atom. The maximum atomic E-state index is 12.1.